The fourth-order valence-electron chi connectivity index (χ4n) is 3.10. The minimum absolute atomic E-state index is 0.0899. The second kappa shape index (κ2) is 6.88. The highest BCUT2D eigenvalue weighted by Crippen LogP contribution is 2.22. The molecule has 2 aromatic carbocycles. The summed E-state index contributed by atoms with van der Waals surface area (Å²) in [7, 11) is 0. The van der Waals surface area contributed by atoms with Crippen molar-refractivity contribution in [2.75, 3.05) is 18.4 Å². The van der Waals surface area contributed by atoms with E-state index in [1.54, 1.807) is 6.07 Å². The monoisotopic (exact) mass is 344 g/mol. The van der Waals surface area contributed by atoms with Crippen molar-refractivity contribution in [2.24, 2.45) is 0 Å². The molecule has 0 atom stereocenters. The first kappa shape index (κ1) is 16.1. The van der Waals surface area contributed by atoms with Crippen molar-refractivity contribution in [3.63, 3.8) is 0 Å². The van der Waals surface area contributed by atoms with Gasteiger partial charge < -0.3 is 15.0 Å². The number of aryl methyl sites for hydroxylation is 1. The van der Waals surface area contributed by atoms with Crippen LogP contribution in [0.3, 0.4) is 0 Å². The number of aromatic nitrogens is 2. The molecule has 4 rings (SSSR count). The molecule has 0 saturated carbocycles. The summed E-state index contributed by atoms with van der Waals surface area (Å²) in [6.45, 7) is 3.14. The Morgan fingerprint density at radius 3 is 2.85 bits per heavy atom. The molecule has 2 N–H and O–H groups in total. The van der Waals surface area contributed by atoms with Gasteiger partial charge in [0.2, 0.25) is 0 Å². The van der Waals surface area contributed by atoms with E-state index in [9.17, 15) is 4.79 Å². The predicted molar refractivity (Wildman–Crippen MR) is 105 cm³/mol. The van der Waals surface area contributed by atoms with Gasteiger partial charge in [-0.3, -0.25) is 4.79 Å². The molecule has 4 aromatic rings. The number of anilines is 1. The average molecular weight is 344 g/mol. The van der Waals surface area contributed by atoms with E-state index in [-0.39, 0.29) is 5.91 Å². The van der Waals surface area contributed by atoms with Crippen molar-refractivity contribution in [3.8, 4) is 0 Å². The Bertz CT molecular complexity index is 1080. The quantitative estimate of drug-likeness (QED) is 0.544. The summed E-state index contributed by atoms with van der Waals surface area (Å²) in [5, 5.41) is 8.73. The lowest BCUT2D eigenvalue weighted by Gasteiger charge is -2.10. The third-order valence-corrected chi connectivity index (χ3v) is 4.36. The van der Waals surface area contributed by atoms with Crippen LogP contribution >= 0.6 is 0 Å². The van der Waals surface area contributed by atoms with Gasteiger partial charge in [0.05, 0.1) is 5.69 Å². The van der Waals surface area contributed by atoms with E-state index in [0.29, 0.717) is 18.7 Å². The van der Waals surface area contributed by atoms with Crippen molar-refractivity contribution in [1.82, 2.24) is 14.7 Å². The Morgan fingerprint density at radius 2 is 1.92 bits per heavy atom. The van der Waals surface area contributed by atoms with Gasteiger partial charge in [-0.15, -0.1) is 0 Å². The van der Waals surface area contributed by atoms with Gasteiger partial charge in [0, 0.05) is 42.1 Å². The van der Waals surface area contributed by atoms with Gasteiger partial charge in [0.1, 0.15) is 5.65 Å². The van der Waals surface area contributed by atoms with E-state index in [1.807, 2.05) is 48.0 Å². The van der Waals surface area contributed by atoms with Crippen molar-refractivity contribution in [3.05, 3.63) is 78.2 Å². The molecule has 0 unspecified atom stereocenters. The maximum Gasteiger partial charge on any atom is 0.251 e. The summed E-state index contributed by atoms with van der Waals surface area (Å²) in [6, 6.07) is 18.0. The second-order valence-electron chi connectivity index (χ2n) is 6.27. The number of rotatable bonds is 5. The molecular formula is C21H20N4O. The standard InChI is InChI=1S/C21H20N4O/c1-15-14-25-12-9-17(13-20(25)24-15)21(26)23-11-10-22-19-8-4-6-16-5-2-3-7-18(16)19/h2-9,12-14,22H,10-11H2,1H3,(H,23,26). The topological polar surface area (TPSA) is 58.4 Å². The maximum absolute atomic E-state index is 12.3. The number of nitrogens with one attached hydrogen (secondary N) is 2. The molecule has 130 valence electrons. The van der Waals surface area contributed by atoms with Gasteiger partial charge in [-0.05, 0) is 30.5 Å². The largest absolute Gasteiger partial charge is 0.383 e. The molecular weight excluding hydrogens is 324 g/mol. The number of carbonyl (C=O) groups excluding carboxylic acids is 1. The second-order valence-corrected chi connectivity index (χ2v) is 6.27. The molecule has 26 heavy (non-hydrogen) atoms. The van der Waals surface area contributed by atoms with Gasteiger partial charge in [0.15, 0.2) is 0 Å². The first-order valence-electron chi connectivity index (χ1n) is 8.66. The highest BCUT2D eigenvalue weighted by atomic mass is 16.1. The molecule has 1 amide bonds. The molecule has 0 aliphatic rings. The van der Waals surface area contributed by atoms with Gasteiger partial charge in [-0.25, -0.2) is 4.98 Å². The lowest BCUT2D eigenvalue weighted by atomic mass is 10.1. The van der Waals surface area contributed by atoms with Crippen molar-refractivity contribution in [2.45, 2.75) is 6.92 Å². The van der Waals surface area contributed by atoms with Crippen LogP contribution in [-0.2, 0) is 0 Å². The maximum atomic E-state index is 12.3. The van der Waals surface area contributed by atoms with E-state index >= 15 is 0 Å². The summed E-state index contributed by atoms with van der Waals surface area (Å²) < 4.78 is 1.91. The molecule has 0 aliphatic heterocycles. The molecule has 0 saturated heterocycles. The Labute approximate surface area is 151 Å². The highest BCUT2D eigenvalue weighted by molar-refractivity contribution is 5.95. The first-order chi connectivity index (χ1) is 12.7. The lowest BCUT2D eigenvalue weighted by molar-refractivity contribution is 0.0955. The number of hydrogen-bond acceptors (Lipinski definition) is 3. The van der Waals surface area contributed by atoms with Gasteiger partial charge in [0.25, 0.3) is 5.91 Å². The highest BCUT2D eigenvalue weighted by Gasteiger charge is 2.07. The van der Waals surface area contributed by atoms with Crippen molar-refractivity contribution < 1.29 is 4.79 Å². The van der Waals surface area contributed by atoms with Crippen LogP contribution in [0.15, 0.2) is 67.0 Å². The number of benzene rings is 2. The van der Waals surface area contributed by atoms with Crippen LogP contribution in [0.1, 0.15) is 16.1 Å². The van der Waals surface area contributed by atoms with Crippen LogP contribution in [0.4, 0.5) is 5.69 Å². The normalized spacial score (nSPS) is 11.0. The number of carbonyl (C=O) groups is 1. The fourth-order valence-corrected chi connectivity index (χ4v) is 3.10. The van der Waals surface area contributed by atoms with Crippen LogP contribution < -0.4 is 10.6 Å². The van der Waals surface area contributed by atoms with Crippen LogP contribution in [0, 0.1) is 6.92 Å². The number of nitrogens with zero attached hydrogens (tertiary/aromatic N) is 2. The Balaban J connectivity index is 1.37. The van der Waals surface area contributed by atoms with E-state index in [0.717, 1.165) is 17.0 Å². The Kier molecular flexibility index (Phi) is 4.27. The molecule has 2 aromatic heterocycles. The lowest BCUT2D eigenvalue weighted by Crippen LogP contribution is -2.28. The number of hydrogen-bond donors (Lipinski definition) is 2. The molecule has 0 bridgehead atoms. The minimum atomic E-state index is -0.0899. The zero-order valence-electron chi connectivity index (χ0n) is 14.6. The zero-order chi connectivity index (χ0) is 17.9. The smallest absolute Gasteiger partial charge is 0.251 e. The number of imidazole rings is 1. The van der Waals surface area contributed by atoms with Gasteiger partial charge >= 0.3 is 0 Å². The third kappa shape index (κ3) is 3.24. The van der Waals surface area contributed by atoms with E-state index in [2.05, 4.69) is 39.9 Å². The van der Waals surface area contributed by atoms with Crippen LogP contribution in [-0.4, -0.2) is 28.4 Å². The Hall–Kier alpha value is -3.34. The number of pyridine rings is 1. The molecule has 5 heteroatoms. The zero-order valence-corrected chi connectivity index (χ0v) is 14.6. The summed E-state index contributed by atoms with van der Waals surface area (Å²) in [5.41, 5.74) is 3.41. The van der Waals surface area contributed by atoms with Crippen LogP contribution in [0.25, 0.3) is 16.4 Å². The molecule has 0 fully saturated rings. The first-order valence-corrected chi connectivity index (χ1v) is 8.66. The van der Waals surface area contributed by atoms with Crippen LogP contribution in [0.2, 0.25) is 0 Å². The van der Waals surface area contributed by atoms with E-state index in [1.165, 1.54) is 10.8 Å². The summed E-state index contributed by atoms with van der Waals surface area (Å²) >= 11 is 0. The van der Waals surface area contributed by atoms with E-state index < -0.39 is 0 Å². The minimum Gasteiger partial charge on any atom is -0.383 e. The van der Waals surface area contributed by atoms with Crippen molar-refractivity contribution in [1.29, 1.82) is 0 Å². The van der Waals surface area contributed by atoms with Gasteiger partial charge in [-0.2, -0.15) is 0 Å². The number of amides is 1. The van der Waals surface area contributed by atoms with Crippen LogP contribution in [0.5, 0.6) is 0 Å². The Morgan fingerprint density at radius 1 is 1.08 bits per heavy atom. The summed E-state index contributed by atoms with van der Waals surface area (Å²) in [5.74, 6) is -0.0899. The molecule has 0 spiro atoms. The average Bonchev–Trinajstić information content (AvgIpc) is 3.04. The third-order valence-electron chi connectivity index (χ3n) is 4.36. The van der Waals surface area contributed by atoms with Gasteiger partial charge in [-0.1, -0.05) is 36.4 Å². The predicted octanol–water partition coefficient (Wildman–Crippen LogP) is 3.64. The SMILES string of the molecule is Cc1cn2ccc(C(=O)NCCNc3cccc4ccccc34)cc2n1. The van der Waals surface area contributed by atoms with Crippen molar-refractivity contribution >= 4 is 28.0 Å². The molecule has 5 nitrogen and oxygen atoms in total. The van der Waals surface area contributed by atoms with E-state index in [4.69, 9.17) is 0 Å². The molecule has 0 radical (unpaired) electrons. The fraction of sp³-hybridized carbons (Fsp3) is 0.143. The molecule has 0 aliphatic carbocycles. The summed E-state index contributed by atoms with van der Waals surface area (Å²) in [4.78, 5) is 16.7. The molecule has 2 heterocycles. The summed E-state index contributed by atoms with van der Waals surface area (Å²) in [6.07, 6.45) is 3.80. The number of fused-ring (bicyclic) bond motifs is 2.